The van der Waals surface area contributed by atoms with E-state index in [9.17, 15) is 0 Å². The molecule has 1 rings (SSSR count). The van der Waals surface area contributed by atoms with Crippen molar-refractivity contribution in [1.29, 1.82) is 0 Å². The summed E-state index contributed by atoms with van der Waals surface area (Å²) in [6, 6.07) is 8.73. The minimum atomic E-state index is 0.548. The number of hydrogen-bond donors (Lipinski definition) is 0. The molecule has 0 aliphatic heterocycles. The first kappa shape index (κ1) is 14.5. The van der Waals surface area contributed by atoms with E-state index in [-0.39, 0.29) is 0 Å². The Kier molecular flexibility index (Phi) is 5.96. The third-order valence-electron chi connectivity index (χ3n) is 3.25. The maximum absolute atomic E-state index is 2.42. The molecule has 0 aliphatic carbocycles. The summed E-state index contributed by atoms with van der Waals surface area (Å²) < 4.78 is 1.33. The van der Waals surface area contributed by atoms with Crippen molar-refractivity contribution in [3.63, 3.8) is 0 Å². The summed E-state index contributed by atoms with van der Waals surface area (Å²) in [7, 11) is 0. The second-order valence-electron chi connectivity index (χ2n) is 4.40. The third-order valence-corrected chi connectivity index (χ3v) is 4.45. The van der Waals surface area contributed by atoms with Crippen molar-refractivity contribution < 1.29 is 0 Å². The molecule has 0 radical (unpaired) electrons. The summed E-state index contributed by atoms with van der Waals surface area (Å²) >= 11 is 2.42. The SMILES string of the molecule is C/C=C\[C@@H](C)C(C)c1ccccc1/C(I)=C\C. The molecule has 0 aromatic heterocycles. The van der Waals surface area contributed by atoms with Gasteiger partial charge in [-0.2, -0.15) is 0 Å². The molecule has 0 saturated carbocycles. The largest absolute Gasteiger partial charge is 0.0914 e. The average molecular weight is 340 g/mol. The van der Waals surface area contributed by atoms with Crippen LogP contribution in [0.1, 0.15) is 44.7 Å². The van der Waals surface area contributed by atoms with Crippen LogP contribution in [0, 0.1) is 5.92 Å². The zero-order valence-electron chi connectivity index (χ0n) is 11.1. The van der Waals surface area contributed by atoms with E-state index in [1.54, 1.807) is 0 Å². The molecular formula is C16H21I. The minimum Gasteiger partial charge on any atom is -0.0914 e. The lowest BCUT2D eigenvalue weighted by atomic mass is 9.86. The summed E-state index contributed by atoms with van der Waals surface area (Å²) in [6.07, 6.45) is 6.60. The van der Waals surface area contributed by atoms with Crippen molar-refractivity contribution in [2.24, 2.45) is 5.92 Å². The van der Waals surface area contributed by atoms with Gasteiger partial charge in [-0.1, -0.05) is 56.3 Å². The Morgan fingerprint density at radius 2 is 1.82 bits per heavy atom. The van der Waals surface area contributed by atoms with Crippen LogP contribution in [-0.4, -0.2) is 0 Å². The van der Waals surface area contributed by atoms with Crippen LogP contribution in [0.5, 0.6) is 0 Å². The molecule has 1 aromatic rings. The van der Waals surface area contributed by atoms with E-state index in [0.29, 0.717) is 11.8 Å². The zero-order chi connectivity index (χ0) is 12.8. The molecule has 0 bridgehead atoms. The van der Waals surface area contributed by atoms with E-state index in [4.69, 9.17) is 0 Å². The number of rotatable bonds is 4. The van der Waals surface area contributed by atoms with Crippen LogP contribution in [-0.2, 0) is 0 Å². The van der Waals surface area contributed by atoms with E-state index < -0.39 is 0 Å². The van der Waals surface area contributed by atoms with Gasteiger partial charge in [-0.15, -0.1) is 0 Å². The van der Waals surface area contributed by atoms with Crippen LogP contribution in [0.15, 0.2) is 42.5 Å². The van der Waals surface area contributed by atoms with Gasteiger partial charge in [0.25, 0.3) is 0 Å². The van der Waals surface area contributed by atoms with Crippen LogP contribution in [0.4, 0.5) is 0 Å². The minimum absolute atomic E-state index is 0.548. The number of allylic oxidation sites excluding steroid dienone is 3. The Bertz CT molecular complexity index is 415. The first-order valence-corrected chi connectivity index (χ1v) is 7.23. The summed E-state index contributed by atoms with van der Waals surface area (Å²) in [5.74, 6) is 1.12. The number of benzene rings is 1. The van der Waals surface area contributed by atoms with Gasteiger partial charge < -0.3 is 0 Å². The molecule has 0 N–H and O–H groups in total. The lowest BCUT2D eigenvalue weighted by Gasteiger charge is -2.20. The highest BCUT2D eigenvalue weighted by atomic mass is 127. The molecule has 0 fully saturated rings. The highest BCUT2D eigenvalue weighted by molar-refractivity contribution is 14.1. The van der Waals surface area contributed by atoms with Crippen molar-refractivity contribution in [3.05, 3.63) is 53.6 Å². The summed E-state index contributed by atoms with van der Waals surface area (Å²) in [5.41, 5.74) is 2.82. The fourth-order valence-electron chi connectivity index (χ4n) is 2.02. The maximum atomic E-state index is 2.42. The molecule has 0 saturated heterocycles. The predicted octanol–water partition coefficient (Wildman–Crippen LogP) is 5.80. The summed E-state index contributed by atoms with van der Waals surface area (Å²) in [5, 5.41) is 0. The van der Waals surface area contributed by atoms with Crippen LogP contribution in [0.3, 0.4) is 0 Å². The van der Waals surface area contributed by atoms with E-state index in [1.165, 1.54) is 14.7 Å². The Morgan fingerprint density at radius 3 is 2.41 bits per heavy atom. The molecule has 2 atom stereocenters. The topological polar surface area (TPSA) is 0 Å². The van der Waals surface area contributed by atoms with Crippen LogP contribution >= 0.6 is 22.6 Å². The quantitative estimate of drug-likeness (QED) is 0.480. The van der Waals surface area contributed by atoms with Crippen molar-refractivity contribution in [2.75, 3.05) is 0 Å². The van der Waals surface area contributed by atoms with Gasteiger partial charge in [-0.3, -0.25) is 0 Å². The van der Waals surface area contributed by atoms with Crippen LogP contribution in [0.2, 0.25) is 0 Å². The molecule has 0 heterocycles. The van der Waals surface area contributed by atoms with Gasteiger partial charge >= 0.3 is 0 Å². The molecule has 17 heavy (non-hydrogen) atoms. The Morgan fingerprint density at radius 1 is 1.18 bits per heavy atom. The Hall–Kier alpha value is -0.570. The van der Waals surface area contributed by atoms with Crippen LogP contribution < -0.4 is 0 Å². The molecular weight excluding hydrogens is 319 g/mol. The fraction of sp³-hybridized carbons (Fsp3) is 0.375. The molecule has 1 aromatic carbocycles. The molecule has 1 heteroatoms. The Labute approximate surface area is 119 Å². The van der Waals surface area contributed by atoms with Crippen molar-refractivity contribution >= 4 is 26.2 Å². The highest BCUT2D eigenvalue weighted by Gasteiger charge is 2.15. The summed E-state index contributed by atoms with van der Waals surface area (Å²) in [6.45, 7) is 8.77. The number of halogens is 1. The number of hydrogen-bond acceptors (Lipinski definition) is 0. The third kappa shape index (κ3) is 3.70. The van der Waals surface area contributed by atoms with Gasteiger partial charge in [0.15, 0.2) is 0 Å². The second kappa shape index (κ2) is 7.00. The molecule has 0 nitrogen and oxygen atoms in total. The van der Waals surface area contributed by atoms with Gasteiger partial charge in [0.05, 0.1) is 0 Å². The smallest absolute Gasteiger partial charge is 0.0162 e. The van der Waals surface area contributed by atoms with E-state index in [1.807, 2.05) is 0 Å². The first-order valence-electron chi connectivity index (χ1n) is 6.15. The lowest BCUT2D eigenvalue weighted by molar-refractivity contribution is 0.590. The van der Waals surface area contributed by atoms with Crippen molar-refractivity contribution in [3.8, 4) is 0 Å². The molecule has 92 valence electrons. The van der Waals surface area contributed by atoms with E-state index in [2.05, 4.69) is 92.8 Å². The highest BCUT2D eigenvalue weighted by Crippen LogP contribution is 2.33. The monoisotopic (exact) mass is 340 g/mol. The van der Waals surface area contributed by atoms with Crippen LogP contribution in [0.25, 0.3) is 3.58 Å². The van der Waals surface area contributed by atoms with Gasteiger partial charge in [-0.25, -0.2) is 0 Å². The van der Waals surface area contributed by atoms with Gasteiger partial charge in [-0.05, 0) is 59.4 Å². The molecule has 0 aliphatic rings. The molecule has 0 spiro atoms. The second-order valence-corrected chi connectivity index (χ2v) is 5.56. The Balaban J connectivity index is 3.13. The lowest BCUT2D eigenvalue weighted by Crippen LogP contribution is -2.05. The standard InChI is InChI=1S/C16H21I/c1-5-9-12(3)13(4)14-10-7-8-11-15(14)16(17)6-2/h5-13H,1-4H3/b9-5-,16-6+/t12-,13?/m1/s1. The predicted molar refractivity (Wildman–Crippen MR) is 86.5 cm³/mol. The van der Waals surface area contributed by atoms with Crippen molar-refractivity contribution in [2.45, 2.75) is 33.6 Å². The van der Waals surface area contributed by atoms with Gasteiger partial charge in [0.2, 0.25) is 0 Å². The van der Waals surface area contributed by atoms with E-state index in [0.717, 1.165) is 0 Å². The zero-order valence-corrected chi connectivity index (χ0v) is 13.2. The summed E-state index contributed by atoms with van der Waals surface area (Å²) in [4.78, 5) is 0. The average Bonchev–Trinajstić information content (AvgIpc) is 2.37. The first-order chi connectivity index (χ1) is 8.11. The van der Waals surface area contributed by atoms with Gasteiger partial charge in [0, 0.05) is 3.58 Å². The van der Waals surface area contributed by atoms with E-state index >= 15 is 0 Å². The van der Waals surface area contributed by atoms with Gasteiger partial charge in [0.1, 0.15) is 0 Å². The van der Waals surface area contributed by atoms with Crippen molar-refractivity contribution in [1.82, 2.24) is 0 Å². The molecule has 0 amide bonds. The fourth-order valence-corrected chi connectivity index (χ4v) is 2.51. The molecule has 1 unspecified atom stereocenters. The normalized spacial score (nSPS) is 16.2. The maximum Gasteiger partial charge on any atom is 0.0162 e.